The van der Waals surface area contributed by atoms with E-state index in [1.165, 1.54) is 0 Å². The third kappa shape index (κ3) is 12.8. The number of rotatable bonds is 2. The zero-order valence-corrected chi connectivity index (χ0v) is 8.87. The van der Waals surface area contributed by atoms with Gasteiger partial charge >= 0.3 is 6.18 Å². The van der Waals surface area contributed by atoms with Crippen molar-refractivity contribution in [3.63, 3.8) is 0 Å². The Balaban J connectivity index is 0.000000315. The van der Waals surface area contributed by atoms with Gasteiger partial charge in [0.1, 0.15) is 0 Å². The van der Waals surface area contributed by atoms with Crippen molar-refractivity contribution >= 4 is 10.1 Å². The van der Waals surface area contributed by atoms with E-state index >= 15 is 0 Å². The van der Waals surface area contributed by atoms with Crippen LogP contribution in [0.1, 0.15) is 6.42 Å². The highest BCUT2D eigenvalue weighted by Gasteiger charge is 2.29. The maximum absolute atomic E-state index is 11.2. The van der Waals surface area contributed by atoms with Gasteiger partial charge in [0.05, 0.1) is 12.2 Å². The van der Waals surface area contributed by atoms with Gasteiger partial charge in [0.25, 0.3) is 10.1 Å². The van der Waals surface area contributed by atoms with Crippen molar-refractivity contribution < 1.29 is 26.1 Å². The number of aromatic nitrogens is 1. The molecule has 1 aromatic heterocycles. The molecule has 0 radical (unpaired) electrons. The molecule has 0 unspecified atom stereocenters. The molecule has 1 N–H and O–H groups in total. The normalized spacial score (nSPS) is 11.5. The van der Waals surface area contributed by atoms with E-state index in [9.17, 15) is 21.6 Å². The van der Waals surface area contributed by atoms with E-state index in [0.29, 0.717) is 0 Å². The van der Waals surface area contributed by atoms with Crippen LogP contribution in [0.25, 0.3) is 0 Å². The maximum atomic E-state index is 11.2. The van der Waals surface area contributed by atoms with Crippen LogP contribution in [0.2, 0.25) is 0 Å². The van der Waals surface area contributed by atoms with Crippen LogP contribution in [0.3, 0.4) is 0 Å². The van der Waals surface area contributed by atoms with Crippen LogP contribution in [-0.4, -0.2) is 29.9 Å². The Bertz CT molecular complexity index is 351. The lowest BCUT2D eigenvalue weighted by molar-refractivity contribution is -0.130. The standard InChI is InChI=1S/C5H5N.C3H5F3O3S/c1-2-4-6-5-3-1;4-3(5,6)1-2-10(7,8)9/h1-5H;1-2H2,(H,7,8,9). The summed E-state index contributed by atoms with van der Waals surface area (Å²) in [5.74, 6) is -1.27. The number of alkyl halides is 3. The van der Waals surface area contributed by atoms with Gasteiger partial charge in [-0.2, -0.15) is 21.6 Å². The predicted octanol–water partition coefficient (Wildman–Crippen LogP) is 1.91. The number of nitrogens with zero attached hydrogens (tertiary/aromatic N) is 1. The van der Waals surface area contributed by atoms with Gasteiger partial charge < -0.3 is 0 Å². The molecule has 92 valence electrons. The maximum Gasteiger partial charge on any atom is 0.390 e. The molecule has 0 aliphatic heterocycles. The molecule has 0 saturated carbocycles. The molecule has 4 nitrogen and oxygen atoms in total. The van der Waals surface area contributed by atoms with Gasteiger partial charge in [-0.15, -0.1) is 0 Å². The van der Waals surface area contributed by atoms with Crippen LogP contribution in [0.5, 0.6) is 0 Å². The minimum absolute atomic E-state index is 1.27. The SMILES string of the molecule is O=S(=O)(O)CCC(F)(F)F.c1ccncc1. The smallest absolute Gasteiger partial charge is 0.286 e. The molecule has 0 aliphatic rings. The van der Waals surface area contributed by atoms with Crippen molar-refractivity contribution in [1.29, 1.82) is 0 Å². The van der Waals surface area contributed by atoms with E-state index in [2.05, 4.69) is 4.98 Å². The zero-order valence-electron chi connectivity index (χ0n) is 8.05. The van der Waals surface area contributed by atoms with Gasteiger partial charge in [-0.3, -0.25) is 9.54 Å². The summed E-state index contributed by atoms with van der Waals surface area (Å²) in [7, 11) is -4.48. The molecule has 1 rings (SSSR count). The summed E-state index contributed by atoms with van der Waals surface area (Å²) in [6.45, 7) is 0. The molecule has 0 spiro atoms. The molecule has 0 saturated heterocycles. The Morgan fingerprint density at radius 3 is 1.75 bits per heavy atom. The Morgan fingerprint density at radius 1 is 1.12 bits per heavy atom. The minimum Gasteiger partial charge on any atom is -0.286 e. The molecule has 0 amide bonds. The number of pyridine rings is 1. The first kappa shape index (κ1) is 14.8. The van der Waals surface area contributed by atoms with E-state index in [4.69, 9.17) is 4.55 Å². The van der Waals surface area contributed by atoms with Crippen molar-refractivity contribution in [2.24, 2.45) is 0 Å². The van der Waals surface area contributed by atoms with Crippen LogP contribution >= 0.6 is 0 Å². The molecule has 16 heavy (non-hydrogen) atoms. The van der Waals surface area contributed by atoms with Crippen LogP contribution in [0.4, 0.5) is 13.2 Å². The number of halogens is 3. The lowest BCUT2D eigenvalue weighted by Gasteiger charge is -2.02. The summed E-state index contributed by atoms with van der Waals surface area (Å²) in [6.07, 6.45) is -2.54. The Morgan fingerprint density at radius 2 is 1.62 bits per heavy atom. The van der Waals surface area contributed by atoms with Gasteiger partial charge in [-0.1, -0.05) is 6.07 Å². The van der Waals surface area contributed by atoms with E-state index < -0.39 is 28.5 Å². The molecular weight excluding hydrogens is 247 g/mol. The predicted molar refractivity (Wildman–Crippen MR) is 51.3 cm³/mol. The largest absolute Gasteiger partial charge is 0.390 e. The van der Waals surface area contributed by atoms with Crippen LogP contribution in [-0.2, 0) is 10.1 Å². The van der Waals surface area contributed by atoms with E-state index in [1.807, 2.05) is 18.2 Å². The molecular formula is C8H10F3NO3S. The lowest BCUT2D eigenvalue weighted by Crippen LogP contribution is -2.15. The van der Waals surface area contributed by atoms with Gasteiger partial charge in [0.15, 0.2) is 0 Å². The molecule has 1 heterocycles. The number of hydrogen-bond donors (Lipinski definition) is 1. The second kappa shape index (κ2) is 6.44. The second-order valence-corrected chi connectivity index (χ2v) is 4.25. The lowest BCUT2D eigenvalue weighted by atomic mass is 10.5. The average Bonchev–Trinajstić information content (AvgIpc) is 2.17. The van der Waals surface area contributed by atoms with E-state index in [-0.39, 0.29) is 0 Å². The second-order valence-electron chi connectivity index (χ2n) is 2.68. The fraction of sp³-hybridized carbons (Fsp3) is 0.375. The molecule has 0 aliphatic carbocycles. The van der Waals surface area contributed by atoms with E-state index in [1.54, 1.807) is 12.4 Å². The molecule has 8 heteroatoms. The summed E-state index contributed by atoms with van der Waals surface area (Å²) in [4.78, 5) is 3.78. The van der Waals surface area contributed by atoms with Crippen molar-refractivity contribution in [3.8, 4) is 0 Å². The van der Waals surface area contributed by atoms with Crippen molar-refractivity contribution in [3.05, 3.63) is 30.6 Å². The van der Waals surface area contributed by atoms with Crippen LogP contribution < -0.4 is 0 Å². The zero-order chi connectivity index (χ0) is 12.7. The fourth-order valence-electron chi connectivity index (χ4n) is 0.557. The van der Waals surface area contributed by atoms with Gasteiger partial charge in [0, 0.05) is 12.4 Å². The Kier molecular flexibility index (Phi) is 5.97. The average molecular weight is 257 g/mol. The van der Waals surface area contributed by atoms with Gasteiger partial charge in [0.2, 0.25) is 0 Å². The van der Waals surface area contributed by atoms with Gasteiger partial charge in [-0.05, 0) is 12.1 Å². The highest BCUT2D eigenvalue weighted by Crippen LogP contribution is 2.19. The first-order valence-corrected chi connectivity index (χ1v) is 5.68. The molecule has 0 aromatic carbocycles. The third-order valence-corrected chi connectivity index (χ3v) is 1.93. The van der Waals surface area contributed by atoms with Crippen molar-refractivity contribution in [1.82, 2.24) is 4.98 Å². The summed E-state index contributed by atoms with van der Waals surface area (Å²) >= 11 is 0. The van der Waals surface area contributed by atoms with Crippen LogP contribution in [0, 0.1) is 0 Å². The summed E-state index contributed by atoms with van der Waals surface area (Å²) in [6, 6.07) is 5.72. The Hall–Kier alpha value is -1.15. The van der Waals surface area contributed by atoms with Crippen molar-refractivity contribution in [2.75, 3.05) is 5.75 Å². The fourth-order valence-corrected chi connectivity index (χ4v) is 1.05. The summed E-state index contributed by atoms with van der Waals surface area (Å²) in [5.41, 5.74) is 0. The molecule has 0 fully saturated rings. The quantitative estimate of drug-likeness (QED) is 0.822. The highest BCUT2D eigenvalue weighted by atomic mass is 32.2. The van der Waals surface area contributed by atoms with E-state index in [0.717, 1.165) is 0 Å². The van der Waals surface area contributed by atoms with Gasteiger partial charge in [-0.25, -0.2) is 0 Å². The highest BCUT2D eigenvalue weighted by molar-refractivity contribution is 7.85. The third-order valence-electron chi connectivity index (χ3n) is 1.21. The molecule has 0 atom stereocenters. The molecule has 0 bridgehead atoms. The topological polar surface area (TPSA) is 67.3 Å². The Labute approximate surface area is 90.9 Å². The first-order chi connectivity index (χ1) is 7.21. The first-order valence-electron chi connectivity index (χ1n) is 4.07. The summed E-state index contributed by atoms with van der Waals surface area (Å²) < 4.78 is 61.0. The van der Waals surface area contributed by atoms with Crippen LogP contribution in [0.15, 0.2) is 30.6 Å². The number of hydrogen-bond acceptors (Lipinski definition) is 3. The van der Waals surface area contributed by atoms with Crippen molar-refractivity contribution in [2.45, 2.75) is 12.6 Å². The monoisotopic (exact) mass is 257 g/mol. The minimum atomic E-state index is -4.53. The summed E-state index contributed by atoms with van der Waals surface area (Å²) in [5, 5.41) is 0. The molecule has 1 aromatic rings.